The Morgan fingerprint density at radius 3 is 3.25 bits per heavy atom. The van der Waals surface area contributed by atoms with Crippen LogP contribution in [0.5, 0.6) is 0 Å². The summed E-state index contributed by atoms with van der Waals surface area (Å²) in [5.41, 5.74) is 1.84. The van der Waals surface area contributed by atoms with Gasteiger partial charge >= 0.3 is 0 Å². The molecule has 1 rings (SSSR count). The molecule has 0 aliphatic rings. The lowest BCUT2D eigenvalue weighted by molar-refractivity contribution is 0.563. The van der Waals surface area contributed by atoms with Crippen LogP contribution in [-0.4, -0.2) is 11.0 Å². The number of hydrogen-bond donors (Lipinski definition) is 1. The Bertz CT molecular complexity index is 248. The molecule has 3 heteroatoms. The van der Waals surface area contributed by atoms with Gasteiger partial charge in [0.05, 0.1) is 5.51 Å². The van der Waals surface area contributed by atoms with Gasteiger partial charge in [-0.3, -0.25) is 4.98 Å². The first kappa shape index (κ1) is 9.24. The summed E-state index contributed by atoms with van der Waals surface area (Å²) in [6.07, 6.45) is 7.83. The normalized spacial score (nSPS) is 12.3. The number of thiazole rings is 1. The first-order chi connectivity index (χ1) is 5.83. The largest absolute Gasteiger partial charge is 0.308 e. The van der Waals surface area contributed by atoms with Crippen molar-refractivity contribution in [3.63, 3.8) is 0 Å². The van der Waals surface area contributed by atoms with Gasteiger partial charge in [0, 0.05) is 30.1 Å². The molecular weight excluding hydrogens is 168 g/mol. The van der Waals surface area contributed by atoms with E-state index in [9.17, 15) is 0 Å². The third-order valence-corrected chi connectivity index (χ3v) is 2.31. The number of hydrogen-bond acceptors (Lipinski definition) is 3. The molecule has 1 unspecified atom stereocenters. The van der Waals surface area contributed by atoms with Gasteiger partial charge in [0.2, 0.25) is 0 Å². The van der Waals surface area contributed by atoms with Crippen LogP contribution in [0.4, 0.5) is 0 Å². The van der Waals surface area contributed by atoms with Crippen LogP contribution in [0.25, 0.3) is 0 Å². The Morgan fingerprint density at radius 1 is 1.83 bits per heavy atom. The summed E-state index contributed by atoms with van der Waals surface area (Å²) in [6.45, 7) is 2.95. The van der Waals surface area contributed by atoms with Crippen molar-refractivity contribution in [2.24, 2.45) is 0 Å². The van der Waals surface area contributed by atoms with E-state index in [1.165, 1.54) is 4.88 Å². The number of nitrogens with one attached hydrogen (secondary N) is 1. The van der Waals surface area contributed by atoms with Gasteiger partial charge in [-0.05, 0) is 6.92 Å². The lowest BCUT2D eigenvalue weighted by atomic mass is 10.2. The minimum absolute atomic E-state index is 0.386. The zero-order valence-corrected chi connectivity index (χ0v) is 7.90. The van der Waals surface area contributed by atoms with E-state index in [0.29, 0.717) is 6.04 Å². The Hall–Kier alpha value is -0.850. The maximum absolute atomic E-state index is 5.18. The van der Waals surface area contributed by atoms with Crippen LogP contribution in [-0.2, 0) is 6.54 Å². The predicted molar refractivity (Wildman–Crippen MR) is 51.9 cm³/mol. The van der Waals surface area contributed by atoms with Crippen molar-refractivity contribution in [3.05, 3.63) is 16.6 Å². The molecule has 1 heterocycles. The first-order valence-corrected chi connectivity index (χ1v) is 4.75. The van der Waals surface area contributed by atoms with Crippen LogP contribution in [0.1, 0.15) is 18.2 Å². The van der Waals surface area contributed by atoms with Crippen LogP contribution in [0.3, 0.4) is 0 Å². The van der Waals surface area contributed by atoms with Gasteiger partial charge in [-0.15, -0.1) is 23.7 Å². The second-order valence-electron chi connectivity index (χ2n) is 2.66. The van der Waals surface area contributed by atoms with Crippen molar-refractivity contribution in [1.82, 2.24) is 10.3 Å². The van der Waals surface area contributed by atoms with Gasteiger partial charge in [-0.2, -0.15) is 0 Å². The Kier molecular flexibility index (Phi) is 3.78. The Balaban J connectivity index is 2.23. The molecule has 0 saturated heterocycles. The van der Waals surface area contributed by atoms with Crippen molar-refractivity contribution in [3.8, 4) is 12.3 Å². The summed E-state index contributed by atoms with van der Waals surface area (Å²) in [7, 11) is 0. The molecule has 0 spiro atoms. The topological polar surface area (TPSA) is 24.9 Å². The molecule has 1 N–H and O–H groups in total. The van der Waals surface area contributed by atoms with E-state index in [1.807, 2.05) is 11.7 Å². The summed E-state index contributed by atoms with van der Waals surface area (Å²) in [4.78, 5) is 5.23. The van der Waals surface area contributed by atoms with Crippen LogP contribution >= 0.6 is 11.3 Å². The van der Waals surface area contributed by atoms with E-state index in [2.05, 4.69) is 23.1 Å². The van der Waals surface area contributed by atoms with Crippen molar-refractivity contribution >= 4 is 11.3 Å². The Labute approximate surface area is 77.0 Å². The molecule has 0 aliphatic heterocycles. The Morgan fingerprint density at radius 2 is 2.67 bits per heavy atom. The van der Waals surface area contributed by atoms with Gasteiger partial charge in [-0.1, -0.05) is 0 Å². The summed E-state index contributed by atoms with van der Waals surface area (Å²) < 4.78 is 0. The molecule has 0 aromatic carbocycles. The summed E-state index contributed by atoms with van der Waals surface area (Å²) in [5.74, 6) is 2.62. The number of terminal acetylenes is 1. The molecule has 0 amide bonds. The fraction of sp³-hybridized carbons (Fsp3) is 0.444. The molecule has 1 aromatic heterocycles. The van der Waals surface area contributed by atoms with E-state index in [-0.39, 0.29) is 0 Å². The van der Waals surface area contributed by atoms with Gasteiger partial charge in [-0.25, -0.2) is 0 Å². The highest BCUT2D eigenvalue weighted by molar-refractivity contribution is 7.09. The van der Waals surface area contributed by atoms with Crippen molar-refractivity contribution < 1.29 is 0 Å². The van der Waals surface area contributed by atoms with Crippen LogP contribution in [0.15, 0.2) is 11.7 Å². The molecule has 0 aliphatic carbocycles. The van der Waals surface area contributed by atoms with Gasteiger partial charge in [0.1, 0.15) is 0 Å². The van der Waals surface area contributed by atoms with E-state index in [1.54, 1.807) is 11.3 Å². The summed E-state index contributed by atoms with van der Waals surface area (Å²) >= 11 is 1.66. The first-order valence-electron chi connectivity index (χ1n) is 3.87. The SMILES string of the molecule is C#CCC(C)NCc1cncs1. The molecular formula is C9H12N2S. The maximum Gasteiger partial charge on any atom is 0.0794 e. The highest BCUT2D eigenvalue weighted by Crippen LogP contribution is 2.04. The number of nitrogens with zero attached hydrogens (tertiary/aromatic N) is 1. The van der Waals surface area contributed by atoms with Crippen molar-refractivity contribution in [2.45, 2.75) is 25.9 Å². The standard InChI is InChI=1S/C9H12N2S/c1-3-4-8(2)11-6-9-5-10-7-12-9/h1,5,7-8,11H,4,6H2,2H3. The molecule has 1 aromatic rings. The monoisotopic (exact) mass is 180 g/mol. The molecule has 12 heavy (non-hydrogen) atoms. The smallest absolute Gasteiger partial charge is 0.0794 e. The average Bonchev–Trinajstić information content (AvgIpc) is 2.53. The molecule has 0 bridgehead atoms. The van der Waals surface area contributed by atoms with E-state index >= 15 is 0 Å². The lowest BCUT2D eigenvalue weighted by Crippen LogP contribution is -2.24. The second-order valence-corrected chi connectivity index (χ2v) is 3.63. The lowest BCUT2D eigenvalue weighted by Gasteiger charge is -2.08. The van der Waals surface area contributed by atoms with Crippen molar-refractivity contribution in [2.75, 3.05) is 0 Å². The summed E-state index contributed by atoms with van der Waals surface area (Å²) in [6, 6.07) is 0.386. The van der Waals surface area contributed by atoms with Gasteiger partial charge in [0.25, 0.3) is 0 Å². The average molecular weight is 180 g/mol. The molecule has 2 nitrogen and oxygen atoms in total. The van der Waals surface area contributed by atoms with E-state index < -0.39 is 0 Å². The van der Waals surface area contributed by atoms with Crippen molar-refractivity contribution in [1.29, 1.82) is 0 Å². The quantitative estimate of drug-likeness (QED) is 0.713. The molecule has 0 fully saturated rings. The number of aromatic nitrogens is 1. The molecule has 1 atom stereocenters. The minimum atomic E-state index is 0.386. The second kappa shape index (κ2) is 4.91. The van der Waals surface area contributed by atoms with Crippen LogP contribution < -0.4 is 5.32 Å². The molecule has 0 saturated carbocycles. The van der Waals surface area contributed by atoms with Crippen LogP contribution in [0.2, 0.25) is 0 Å². The minimum Gasteiger partial charge on any atom is -0.308 e. The van der Waals surface area contributed by atoms with Gasteiger partial charge in [0.15, 0.2) is 0 Å². The third kappa shape index (κ3) is 3.04. The van der Waals surface area contributed by atoms with Crippen LogP contribution in [0, 0.1) is 12.3 Å². The number of rotatable bonds is 4. The highest BCUT2D eigenvalue weighted by atomic mass is 32.1. The fourth-order valence-corrected chi connectivity index (χ4v) is 1.40. The molecule has 0 radical (unpaired) electrons. The van der Waals surface area contributed by atoms with E-state index in [4.69, 9.17) is 6.42 Å². The summed E-state index contributed by atoms with van der Waals surface area (Å²) in [5, 5.41) is 3.31. The highest BCUT2D eigenvalue weighted by Gasteiger charge is 1.99. The fourth-order valence-electron chi connectivity index (χ4n) is 0.853. The zero-order chi connectivity index (χ0) is 8.81. The third-order valence-electron chi connectivity index (χ3n) is 1.53. The maximum atomic E-state index is 5.18. The molecule has 64 valence electrons. The zero-order valence-electron chi connectivity index (χ0n) is 7.08. The van der Waals surface area contributed by atoms with Gasteiger partial charge < -0.3 is 5.32 Å². The predicted octanol–water partition coefficient (Wildman–Crippen LogP) is 1.64. The van der Waals surface area contributed by atoms with E-state index in [0.717, 1.165) is 13.0 Å².